The second kappa shape index (κ2) is 7.63. The minimum absolute atomic E-state index is 0.0329. The number of carbonyl (C=O) groups is 1. The van der Waals surface area contributed by atoms with Gasteiger partial charge in [-0.3, -0.25) is 4.79 Å². The normalized spacial score (nSPS) is 11.9. The number of rotatable bonds is 7. The second-order valence-electron chi connectivity index (χ2n) is 4.31. The summed E-state index contributed by atoms with van der Waals surface area (Å²) in [5.74, 6) is 0.386. The topological polar surface area (TPSA) is 84.6 Å². The lowest BCUT2D eigenvalue weighted by molar-refractivity contribution is 0.0928. The van der Waals surface area contributed by atoms with Crippen LogP contribution in [0, 0.1) is 0 Å². The van der Waals surface area contributed by atoms with Crippen LogP contribution < -0.4 is 15.8 Å². The van der Waals surface area contributed by atoms with Crippen molar-refractivity contribution < 1.29 is 14.6 Å². The maximum Gasteiger partial charge on any atom is 0.251 e. The van der Waals surface area contributed by atoms with E-state index in [-0.39, 0.29) is 18.6 Å². The van der Waals surface area contributed by atoms with Crippen LogP contribution in [0.5, 0.6) is 5.75 Å². The third kappa shape index (κ3) is 4.79. The number of hydrogen-bond acceptors (Lipinski definition) is 4. The number of anilines is 1. The lowest BCUT2D eigenvalue weighted by Gasteiger charge is -2.16. The zero-order chi connectivity index (χ0) is 14.3. The molecule has 5 nitrogen and oxygen atoms in total. The summed E-state index contributed by atoms with van der Waals surface area (Å²) in [6.45, 7) is 4.41. The number of hydrogen-bond donors (Lipinski definition) is 3. The Balaban J connectivity index is 2.80. The van der Waals surface area contributed by atoms with E-state index in [1.807, 2.05) is 13.8 Å². The summed E-state index contributed by atoms with van der Waals surface area (Å²) in [4.78, 5) is 12.1. The molecular weight excluding hydrogens is 244 g/mol. The summed E-state index contributed by atoms with van der Waals surface area (Å²) < 4.78 is 5.36. The molecule has 0 radical (unpaired) electrons. The Morgan fingerprint density at radius 1 is 1.42 bits per heavy atom. The Morgan fingerprint density at radius 3 is 2.74 bits per heavy atom. The fourth-order valence-electron chi connectivity index (χ4n) is 1.81. The van der Waals surface area contributed by atoms with Crippen molar-refractivity contribution in [1.82, 2.24) is 5.32 Å². The third-order valence-corrected chi connectivity index (χ3v) is 2.81. The molecule has 1 aromatic rings. The summed E-state index contributed by atoms with van der Waals surface area (Å²) in [7, 11) is 0. The number of nitrogen functional groups attached to an aromatic ring is 1. The highest BCUT2D eigenvalue weighted by Gasteiger charge is 2.13. The Labute approximate surface area is 113 Å². The highest BCUT2D eigenvalue weighted by molar-refractivity contribution is 5.95. The second-order valence-corrected chi connectivity index (χ2v) is 4.31. The van der Waals surface area contributed by atoms with Crippen LogP contribution in [0.15, 0.2) is 18.2 Å². The van der Waals surface area contributed by atoms with Gasteiger partial charge in [0.15, 0.2) is 0 Å². The first-order chi connectivity index (χ1) is 9.10. The van der Waals surface area contributed by atoms with E-state index in [9.17, 15) is 4.79 Å². The Kier molecular flexibility index (Phi) is 6.15. The van der Waals surface area contributed by atoms with Crippen molar-refractivity contribution in [2.75, 3.05) is 18.9 Å². The zero-order valence-corrected chi connectivity index (χ0v) is 11.5. The maximum atomic E-state index is 12.1. The lowest BCUT2D eigenvalue weighted by atomic mass is 10.1. The molecule has 19 heavy (non-hydrogen) atoms. The molecule has 106 valence electrons. The van der Waals surface area contributed by atoms with E-state index in [1.165, 1.54) is 0 Å². The molecule has 0 saturated carbocycles. The first-order valence-electron chi connectivity index (χ1n) is 6.55. The van der Waals surface area contributed by atoms with E-state index in [1.54, 1.807) is 18.2 Å². The van der Waals surface area contributed by atoms with Crippen LogP contribution in [-0.4, -0.2) is 30.3 Å². The van der Waals surface area contributed by atoms with Gasteiger partial charge in [-0.15, -0.1) is 0 Å². The van der Waals surface area contributed by atoms with Gasteiger partial charge in [-0.1, -0.05) is 6.92 Å². The van der Waals surface area contributed by atoms with Gasteiger partial charge in [0.25, 0.3) is 5.91 Å². The SMILES string of the molecule is CCOc1cc(N)cc(C(=O)NC(CC)CCO)c1. The largest absolute Gasteiger partial charge is 0.494 e. The molecule has 0 saturated heterocycles. The van der Waals surface area contributed by atoms with Crippen molar-refractivity contribution in [3.63, 3.8) is 0 Å². The molecule has 5 heteroatoms. The quantitative estimate of drug-likeness (QED) is 0.654. The van der Waals surface area contributed by atoms with Crippen LogP contribution in [0.2, 0.25) is 0 Å². The molecule has 0 bridgehead atoms. The van der Waals surface area contributed by atoms with Crippen LogP contribution in [0.4, 0.5) is 5.69 Å². The molecule has 0 aromatic heterocycles. The van der Waals surface area contributed by atoms with Crippen molar-refractivity contribution in [3.05, 3.63) is 23.8 Å². The van der Waals surface area contributed by atoms with Crippen molar-refractivity contribution >= 4 is 11.6 Å². The van der Waals surface area contributed by atoms with E-state index < -0.39 is 0 Å². The molecule has 1 unspecified atom stereocenters. The first-order valence-corrected chi connectivity index (χ1v) is 6.55. The number of amides is 1. The van der Waals surface area contributed by atoms with Crippen molar-refractivity contribution in [3.8, 4) is 5.75 Å². The van der Waals surface area contributed by atoms with Crippen LogP contribution in [0.25, 0.3) is 0 Å². The summed E-state index contributed by atoms with van der Waals surface area (Å²) in [5, 5.41) is 11.8. The average molecular weight is 266 g/mol. The van der Waals surface area contributed by atoms with Crippen LogP contribution in [-0.2, 0) is 0 Å². The molecule has 4 N–H and O–H groups in total. The summed E-state index contributed by atoms with van der Waals surface area (Å²) in [5.41, 5.74) is 6.71. The molecule has 0 aliphatic heterocycles. The Morgan fingerprint density at radius 2 is 2.16 bits per heavy atom. The van der Waals surface area contributed by atoms with Gasteiger partial charge in [0.2, 0.25) is 0 Å². The van der Waals surface area contributed by atoms with Gasteiger partial charge in [-0.05, 0) is 31.9 Å². The fourth-order valence-corrected chi connectivity index (χ4v) is 1.81. The molecule has 0 heterocycles. The van der Waals surface area contributed by atoms with Crippen LogP contribution in [0.1, 0.15) is 37.0 Å². The molecule has 1 atom stereocenters. The number of nitrogens with two attached hydrogens (primary N) is 1. The molecule has 1 amide bonds. The zero-order valence-electron chi connectivity index (χ0n) is 11.5. The fraction of sp³-hybridized carbons (Fsp3) is 0.500. The smallest absolute Gasteiger partial charge is 0.251 e. The monoisotopic (exact) mass is 266 g/mol. The van der Waals surface area contributed by atoms with Gasteiger partial charge in [-0.2, -0.15) is 0 Å². The van der Waals surface area contributed by atoms with Crippen LogP contribution in [0.3, 0.4) is 0 Å². The molecule has 0 aliphatic carbocycles. The number of nitrogens with one attached hydrogen (secondary N) is 1. The van der Waals surface area contributed by atoms with Gasteiger partial charge in [-0.25, -0.2) is 0 Å². The van der Waals surface area contributed by atoms with Crippen molar-refractivity contribution in [1.29, 1.82) is 0 Å². The maximum absolute atomic E-state index is 12.1. The van der Waals surface area contributed by atoms with E-state index in [0.29, 0.717) is 30.0 Å². The predicted molar refractivity (Wildman–Crippen MR) is 75.3 cm³/mol. The molecule has 0 aliphatic rings. The predicted octanol–water partition coefficient (Wildman–Crippen LogP) is 1.56. The van der Waals surface area contributed by atoms with Crippen LogP contribution >= 0.6 is 0 Å². The molecular formula is C14H22N2O3. The van der Waals surface area contributed by atoms with Gasteiger partial charge < -0.3 is 20.9 Å². The highest BCUT2D eigenvalue weighted by Crippen LogP contribution is 2.19. The lowest BCUT2D eigenvalue weighted by Crippen LogP contribution is -2.35. The summed E-state index contributed by atoms with van der Waals surface area (Å²) in [6.07, 6.45) is 1.32. The molecule has 1 aromatic carbocycles. The van der Waals surface area contributed by atoms with E-state index >= 15 is 0 Å². The van der Waals surface area contributed by atoms with Gasteiger partial charge in [0.1, 0.15) is 5.75 Å². The molecule has 0 spiro atoms. The number of benzene rings is 1. The van der Waals surface area contributed by atoms with E-state index in [0.717, 1.165) is 6.42 Å². The van der Waals surface area contributed by atoms with Gasteiger partial charge in [0, 0.05) is 30.0 Å². The van der Waals surface area contributed by atoms with E-state index in [2.05, 4.69) is 5.32 Å². The third-order valence-electron chi connectivity index (χ3n) is 2.81. The van der Waals surface area contributed by atoms with Crippen molar-refractivity contribution in [2.24, 2.45) is 0 Å². The number of aliphatic hydroxyl groups excluding tert-OH is 1. The Hall–Kier alpha value is -1.75. The minimum Gasteiger partial charge on any atom is -0.494 e. The number of ether oxygens (including phenoxy) is 1. The van der Waals surface area contributed by atoms with Gasteiger partial charge >= 0.3 is 0 Å². The molecule has 1 rings (SSSR count). The molecule has 0 fully saturated rings. The van der Waals surface area contributed by atoms with E-state index in [4.69, 9.17) is 15.6 Å². The van der Waals surface area contributed by atoms with Crippen molar-refractivity contribution in [2.45, 2.75) is 32.7 Å². The minimum atomic E-state index is -0.200. The standard InChI is InChI=1S/C14H22N2O3/c1-3-12(5-6-17)16-14(18)10-7-11(15)9-13(8-10)19-4-2/h7-9,12,17H,3-6,15H2,1-2H3,(H,16,18). The number of aliphatic hydroxyl groups is 1. The first kappa shape index (κ1) is 15.3. The highest BCUT2D eigenvalue weighted by atomic mass is 16.5. The summed E-state index contributed by atoms with van der Waals surface area (Å²) in [6, 6.07) is 4.94. The Bertz CT molecular complexity index is 421. The number of carbonyl (C=O) groups excluding carboxylic acids is 1. The summed E-state index contributed by atoms with van der Waals surface area (Å²) >= 11 is 0. The average Bonchev–Trinajstić information content (AvgIpc) is 2.37. The van der Waals surface area contributed by atoms with Gasteiger partial charge in [0.05, 0.1) is 6.61 Å².